The first-order chi connectivity index (χ1) is 12.2. The van der Waals surface area contributed by atoms with E-state index in [0.29, 0.717) is 19.3 Å². The van der Waals surface area contributed by atoms with E-state index in [1.807, 2.05) is 20.8 Å². The third-order valence-electron chi connectivity index (χ3n) is 2.99. The van der Waals surface area contributed by atoms with Crippen LogP contribution in [0.1, 0.15) is 78.6 Å². The Bertz CT molecular complexity index is 539. The van der Waals surface area contributed by atoms with Gasteiger partial charge >= 0.3 is 25.8 Å². The van der Waals surface area contributed by atoms with Gasteiger partial charge in [-0.15, -0.1) is 0 Å². The fourth-order valence-electron chi connectivity index (χ4n) is 1.59. The van der Waals surface area contributed by atoms with E-state index in [2.05, 4.69) is 0 Å². The van der Waals surface area contributed by atoms with E-state index in [1.54, 1.807) is 0 Å². The fraction of sp³-hybridized carbons (Fsp3) is 1.00. The van der Waals surface area contributed by atoms with Crippen molar-refractivity contribution in [3.05, 3.63) is 0 Å². The number of rotatable bonds is 12. The van der Waals surface area contributed by atoms with E-state index < -0.39 is 30.4 Å². The smallest absolute Gasteiger partial charge is 0.748 e. The predicted octanol–water partition coefficient (Wildman–Crippen LogP) is 1.78. The van der Waals surface area contributed by atoms with E-state index in [9.17, 15) is 38.9 Å². The zero-order valence-electron chi connectivity index (χ0n) is 17.0. The third-order valence-corrected chi connectivity index (χ3v) is 5.36. The van der Waals surface area contributed by atoms with E-state index >= 15 is 0 Å². The summed E-state index contributed by atoms with van der Waals surface area (Å²) in [6, 6.07) is 0. The molecule has 0 aliphatic carbocycles. The summed E-state index contributed by atoms with van der Waals surface area (Å²) in [6.45, 7) is 5.87. The van der Waals surface area contributed by atoms with Crippen molar-refractivity contribution in [2.75, 3.05) is 17.3 Å². The average molecular weight is 568 g/mol. The van der Waals surface area contributed by atoms with Crippen LogP contribution in [0.4, 0.5) is 0 Å². The minimum Gasteiger partial charge on any atom is -0.748 e. The Morgan fingerprint density at radius 1 is 0.464 bits per heavy atom. The SMILES string of the molecule is CCCCCS(=O)(=O)[O-].CCCCCS(=O)(=O)[O-].CCCCCS(=O)(=O)[O-].[In+3]. The molecule has 28 heavy (non-hydrogen) atoms. The summed E-state index contributed by atoms with van der Waals surface area (Å²) in [6.07, 6.45) is 6.79. The van der Waals surface area contributed by atoms with Crippen molar-refractivity contribution in [1.29, 1.82) is 0 Å². The van der Waals surface area contributed by atoms with Crippen molar-refractivity contribution in [2.45, 2.75) is 78.6 Å². The Morgan fingerprint density at radius 3 is 0.750 bits per heavy atom. The number of hydrogen-bond acceptors (Lipinski definition) is 9. The quantitative estimate of drug-likeness (QED) is 0.251. The van der Waals surface area contributed by atoms with Gasteiger partial charge in [-0.2, -0.15) is 0 Å². The molecular formula is C15H33InO9S3. The van der Waals surface area contributed by atoms with E-state index in [-0.39, 0.29) is 43.1 Å². The van der Waals surface area contributed by atoms with Crippen LogP contribution in [-0.4, -0.2) is 82.0 Å². The van der Waals surface area contributed by atoms with Gasteiger partial charge in [-0.3, -0.25) is 0 Å². The van der Waals surface area contributed by atoms with Gasteiger partial charge < -0.3 is 13.7 Å². The van der Waals surface area contributed by atoms with Crippen molar-refractivity contribution in [3.8, 4) is 0 Å². The molecule has 9 nitrogen and oxygen atoms in total. The Hall–Kier alpha value is 0.600. The zero-order chi connectivity index (χ0) is 22.0. The molecule has 168 valence electrons. The standard InChI is InChI=1S/3C5H12O3S.In/c3*1-2-3-4-5-9(6,7)8;/h3*2-5H2,1H3,(H,6,7,8);/q;;;+3/p-3. The molecule has 0 unspecified atom stereocenters. The molecule has 0 radical (unpaired) electrons. The van der Waals surface area contributed by atoms with Gasteiger partial charge in [-0.05, 0) is 19.3 Å². The van der Waals surface area contributed by atoms with Gasteiger partial charge in [0, 0.05) is 17.3 Å². The van der Waals surface area contributed by atoms with Crippen molar-refractivity contribution in [2.24, 2.45) is 0 Å². The second kappa shape index (κ2) is 20.9. The van der Waals surface area contributed by atoms with Gasteiger partial charge in [-0.25, -0.2) is 25.3 Å². The summed E-state index contributed by atoms with van der Waals surface area (Å²) in [7, 11) is -11.8. The Labute approximate surface area is 190 Å². The van der Waals surface area contributed by atoms with Crippen molar-refractivity contribution >= 4 is 56.2 Å². The van der Waals surface area contributed by atoms with Crippen molar-refractivity contribution in [1.82, 2.24) is 0 Å². The van der Waals surface area contributed by atoms with Gasteiger partial charge in [0.25, 0.3) is 0 Å². The van der Waals surface area contributed by atoms with E-state index in [0.717, 1.165) is 38.5 Å². The topological polar surface area (TPSA) is 172 Å². The molecule has 13 heteroatoms. The maximum Gasteiger partial charge on any atom is 3.00 e. The number of unbranched alkanes of at least 4 members (excludes halogenated alkanes) is 6. The molecule has 0 spiro atoms. The second-order valence-corrected chi connectivity index (χ2v) is 10.5. The van der Waals surface area contributed by atoms with Gasteiger partial charge in [0.05, 0.1) is 30.4 Å². The monoisotopic (exact) mass is 568 g/mol. The summed E-state index contributed by atoms with van der Waals surface area (Å²) >= 11 is 0. The minimum atomic E-state index is -3.95. The van der Waals surface area contributed by atoms with Crippen LogP contribution in [0.15, 0.2) is 0 Å². The summed E-state index contributed by atoms with van der Waals surface area (Å²) in [5.41, 5.74) is 0. The molecule has 0 bridgehead atoms. The Balaban J connectivity index is -0.000000152. The number of hydrogen-bond donors (Lipinski definition) is 0. The summed E-state index contributed by atoms with van der Waals surface area (Å²) in [5.74, 6) is -0.622. The molecule has 0 aliphatic rings. The Kier molecular flexibility index (Phi) is 26.8. The van der Waals surface area contributed by atoms with Crippen LogP contribution in [0, 0.1) is 0 Å². The molecule has 0 saturated carbocycles. The maximum absolute atomic E-state index is 9.95. The van der Waals surface area contributed by atoms with Crippen LogP contribution in [0.5, 0.6) is 0 Å². The maximum atomic E-state index is 9.95. The van der Waals surface area contributed by atoms with E-state index in [4.69, 9.17) is 0 Å². The van der Waals surface area contributed by atoms with Gasteiger partial charge in [-0.1, -0.05) is 59.3 Å². The third kappa shape index (κ3) is 50.4. The van der Waals surface area contributed by atoms with Crippen LogP contribution >= 0.6 is 0 Å². The zero-order valence-corrected chi connectivity index (χ0v) is 22.7. The average Bonchev–Trinajstić information content (AvgIpc) is 2.46. The van der Waals surface area contributed by atoms with E-state index in [1.165, 1.54) is 0 Å². The summed E-state index contributed by atoms with van der Waals surface area (Å²) < 4.78 is 89.6. The molecule has 0 amide bonds. The second-order valence-electron chi connectivity index (χ2n) is 5.91. The molecule has 0 saturated heterocycles. The van der Waals surface area contributed by atoms with Gasteiger partial charge in [0.1, 0.15) is 0 Å². The first-order valence-corrected chi connectivity index (χ1v) is 13.7. The van der Waals surface area contributed by atoms with Gasteiger partial charge in [0.2, 0.25) is 0 Å². The van der Waals surface area contributed by atoms with Crippen LogP contribution in [-0.2, 0) is 30.4 Å². The predicted molar refractivity (Wildman–Crippen MR) is 108 cm³/mol. The van der Waals surface area contributed by atoms with Crippen molar-refractivity contribution < 1.29 is 38.9 Å². The fourth-order valence-corrected chi connectivity index (χ4v) is 3.26. The molecule has 0 fully saturated rings. The largest absolute Gasteiger partial charge is 3.00 e. The van der Waals surface area contributed by atoms with Crippen LogP contribution in [0.3, 0.4) is 0 Å². The molecule has 0 rings (SSSR count). The minimum absolute atomic E-state index is 0. The first kappa shape index (κ1) is 36.0. The first-order valence-electron chi connectivity index (χ1n) is 8.99. The molecule has 0 atom stereocenters. The molecule has 0 aliphatic heterocycles. The summed E-state index contributed by atoms with van der Waals surface area (Å²) in [4.78, 5) is 0. The van der Waals surface area contributed by atoms with Crippen LogP contribution < -0.4 is 0 Å². The molecule has 0 aromatic carbocycles. The normalized spacial score (nSPS) is 11.4. The van der Waals surface area contributed by atoms with Crippen molar-refractivity contribution in [3.63, 3.8) is 0 Å². The van der Waals surface area contributed by atoms with Crippen LogP contribution in [0.2, 0.25) is 0 Å². The Morgan fingerprint density at radius 2 is 0.643 bits per heavy atom. The van der Waals surface area contributed by atoms with Crippen LogP contribution in [0.25, 0.3) is 0 Å². The molecule has 0 aromatic heterocycles. The summed E-state index contributed by atoms with van der Waals surface area (Å²) in [5, 5.41) is 0. The molecule has 0 heterocycles. The molecule has 0 N–H and O–H groups in total. The van der Waals surface area contributed by atoms with Gasteiger partial charge in [0.15, 0.2) is 0 Å². The molecule has 0 aromatic rings. The molecular weight excluding hydrogens is 535 g/mol.